The van der Waals surface area contributed by atoms with Crippen molar-refractivity contribution in [3.8, 4) is 5.75 Å². The lowest BCUT2D eigenvalue weighted by molar-refractivity contribution is 0.157. The molecule has 1 N–H and O–H groups in total. The number of para-hydroxylation sites is 1. The molecule has 2 nitrogen and oxygen atoms in total. The molecule has 0 aliphatic heterocycles. The Morgan fingerprint density at radius 3 is 2.62 bits per heavy atom. The first-order chi connectivity index (χ1) is 10.2. The quantitative estimate of drug-likeness (QED) is 0.746. The maximum atomic E-state index is 5.82. The molecule has 0 spiro atoms. The maximum Gasteiger partial charge on any atom is 0.119 e. The third kappa shape index (κ3) is 5.03. The molecule has 1 aliphatic rings. The summed E-state index contributed by atoms with van der Waals surface area (Å²) in [6, 6.07) is 10.9. The Bertz CT molecular complexity index is 390. The van der Waals surface area contributed by atoms with Gasteiger partial charge in [-0.1, -0.05) is 32.0 Å². The number of benzene rings is 1. The predicted molar refractivity (Wildman–Crippen MR) is 89.7 cm³/mol. The Labute approximate surface area is 130 Å². The normalized spacial score (nSPS) is 26.0. The molecule has 1 aliphatic carbocycles. The Hall–Kier alpha value is -1.02. The van der Waals surface area contributed by atoms with Crippen LogP contribution in [0.5, 0.6) is 5.75 Å². The van der Waals surface area contributed by atoms with E-state index in [2.05, 4.69) is 26.2 Å². The van der Waals surface area contributed by atoms with Crippen LogP contribution in [0.2, 0.25) is 0 Å². The van der Waals surface area contributed by atoms with Gasteiger partial charge >= 0.3 is 0 Å². The molecule has 2 rings (SSSR count). The van der Waals surface area contributed by atoms with Crippen molar-refractivity contribution < 1.29 is 4.74 Å². The van der Waals surface area contributed by atoms with E-state index in [9.17, 15) is 0 Å². The third-order valence-electron chi connectivity index (χ3n) is 5.07. The molecule has 118 valence electrons. The lowest BCUT2D eigenvalue weighted by Crippen LogP contribution is -2.39. The summed E-state index contributed by atoms with van der Waals surface area (Å²) in [5, 5.41) is 3.53. The second-order valence-electron chi connectivity index (χ2n) is 6.78. The van der Waals surface area contributed by atoms with Crippen LogP contribution >= 0.6 is 0 Å². The monoisotopic (exact) mass is 289 g/mol. The maximum absolute atomic E-state index is 5.82. The fourth-order valence-corrected chi connectivity index (χ4v) is 3.66. The Morgan fingerprint density at radius 1 is 1.19 bits per heavy atom. The summed E-state index contributed by atoms with van der Waals surface area (Å²) in [5.74, 6) is 3.54. The fraction of sp³-hybridized carbons (Fsp3) is 0.684. The molecule has 21 heavy (non-hydrogen) atoms. The van der Waals surface area contributed by atoms with Crippen molar-refractivity contribution in [2.75, 3.05) is 13.7 Å². The SMILES string of the molecule is CNC1CCC(C(C)C)CC1CCCOc1ccccc1. The zero-order valence-electron chi connectivity index (χ0n) is 13.8. The van der Waals surface area contributed by atoms with Gasteiger partial charge in [0.1, 0.15) is 5.75 Å². The van der Waals surface area contributed by atoms with Crippen molar-refractivity contribution in [3.63, 3.8) is 0 Å². The minimum atomic E-state index is 0.705. The first kappa shape index (κ1) is 16.4. The standard InChI is InChI=1S/C19H31NO/c1-15(2)16-11-12-19(20-3)17(14-16)8-7-13-21-18-9-5-4-6-10-18/h4-6,9-10,15-17,19-20H,7-8,11-14H2,1-3H3. The fourth-order valence-electron chi connectivity index (χ4n) is 3.66. The minimum Gasteiger partial charge on any atom is -0.494 e. The molecule has 1 saturated carbocycles. The summed E-state index contributed by atoms with van der Waals surface area (Å²) in [6.07, 6.45) is 6.54. The van der Waals surface area contributed by atoms with Crippen molar-refractivity contribution in [1.29, 1.82) is 0 Å². The lowest BCUT2D eigenvalue weighted by Gasteiger charge is -2.38. The number of ether oxygens (including phenoxy) is 1. The Balaban J connectivity index is 1.74. The average Bonchev–Trinajstić information content (AvgIpc) is 2.52. The second kappa shape index (κ2) is 8.43. The predicted octanol–water partition coefficient (Wildman–Crippen LogP) is 4.51. The van der Waals surface area contributed by atoms with Crippen LogP contribution in [0.15, 0.2) is 30.3 Å². The molecule has 2 heteroatoms. The average molecular weight is 289 g/mol. The van der Waals surface area contributed by atoms with E-state index in [1.165, 1.54) is 25.7 Å². The summed E-state index contributed by atoms with van der Waals surface area (Å²) in [4.78, 5) is 0. The van der Waals surface area contributed by atoms with Crippen LogP contribution in [0.3, 0.4) is 0 Å². The molecule has 3 atom stereocenters. The number of hydrogen-bond donors (Lipinski definition) is 1. The van der Waals surface area contributed by atoms with Gasteiger partial charge in [0, 0.05) is 6.04 Å². The highest BCUT2D eigenvalue weighted by molar-refractivity contribution is 5.20. The molecule has 3 unspecified atom stereocenters. The van der Waals surface area contributed by atoms with Gasteiger partial charge in [-0.25, -0.2) is 0 Å². The molecule has 0 saturated heterocycles. The first-order valence-corrected chi connectivity index (χ1v) is 8.55. The number of hydrogen-bond acceptors (Lipinski definition) is 2. The molecule has 0 amide bonds. The number of rotatable bonds is 7. The van der Waals surface area contributed by atoms with Crippen molar-refractivity contribution in [2.45, 2.75) is 52.0 Å². The van der Waals surface area contributed by atoms with E-state index in [1.54, 1.807) is 0 Å². The zero-order valence-corrected chi connectivity index (χ0v) is 13.8. The summed E-state index contributed by atoms with van der Waals surface area (Å²) in [6.45, 7) is 5.59. The van der Waals surface area contributed by atoms with Crippen molar-refractivity contribution >= 4 is 0 Å². The number of nitrogens with one attached hydrogen (secondary N) is 1. The van der Waals surface area contributed by atoms with Gasteiger partial charge in [-0.15, -0.1) is 0 Å². The van der Waals surface area contributed by atoms with Gasteiger partial charge in [-0.3, -0.25) is 0 Å². The minimum absolute atomic E-state index is 0.705. The highest BCUT2D eigenvalue weighted by Crippen LogP contribution is 2.36. The van der Waals surface area contributed by atoms with E-state index in [0.29, 0.717) is 6.04 Å². The zero-order chi connectivity index (χ0) is 15.1. The summed E-state index contributed by atoms with van der Waals surface area (Å²) in [5.41, 5.74) is 0. The van der Waals surface area contributed by atoms with Gasteiger partial charge in [-0.2, -0.15) is 0 Å². The molecule has 0 radical (unpaired) electrons. The molecule has 1 aromatic carbocycles. The van der Waals surface area contributed by atoms with E-state index in [4.69, 9.17) is 4.74 Å². The molecule has 1 aromatic rings. The van der Waals surface area contributed by atoms with Gasteiger partial charge in [-0.05, 0) is 69.0 Å². The molecule has 1 fully saturated rings. The molecule has 0 heterocycles. The molecular formula is C19H31NO. The van der Waals surface area contributed by atoms with Gasteiger partial charge < -0.3 is 10.1 Å². The van der Waals surface area contributed by atoms with Crippen LogP contribution in [0.1, 0.15) is 46.0 Å². The largest absolute Gasteiger partial charge is 0.494 e. The van der Waals surface area contributed by atoms with Crippen LogP contribution in [-0.2, 0) is 0 Å². The van der Waals surface area contributed by atoms with Gasteiger partial charge in [0.25, 0.3) is 0 Å². The second-order valence-corrected chi connectivity index (χ2v) is 6.78. The highest BCUT2D eigenvalue weighted by Gasteiger charge is 2.30. The van der Waals surface area contributed by atoms with Crippen LogP contribution in [0.4, 0.5) is 0 Å². The summed E-state index contributed by atoms with van der Waals surface area (Å²) in [7, 11) is 2.12. The van der Waals surface area contributed by atoms with E-state index >= 15 is 0 Å². The Morgan fingerprint density at radius 2 is 1.95 bits per heavy atom. The van der Waals surface area contributed by atoms with E-state index < -0.39 is 0 Å². The van der Waals surface area contributed by atoms with E-state index in [-0.39, 0.29) is 0 Å². The summed E-state index contributed by atoms with van der Waals surface area (Å²) >= 11 is 0. The van der Waals surface area contributed by atoms with E-state index in [1.807, 2.05) is 30.3 Å². The molecule has 0 bridgehead atoms. The van der Waals surface area contributed by atoms with Crippen LogP contribution in [-0.4, -0.2) is 19.7 Å². The highest BCUT2D eigenvalue weighted by atomic mass is 16.5. The van der Waals surface area contributed by atoms with Crippen molar-refractivity contribution in [2.24, 2.45) is 17.8 Å². The summed E-state index contributed by atoms with van der Waals surface area (Å²) < 4.78 is 5.82. The first-order valence-electron chi connectivity index (χ1n) is 8.55. The topological polar surface area (TPSA) is 21.3 Å². The van der Waals surface area contributed by atoms with Crippen molar-refractivity contribution in [3.05, 3.63) is 30.3 Å². The van der Waals surface area contributed by atoms with Crippen LogP contribution in [0.25, 0.3) is 0 Å². The van der Waals surface area contributed by atoms with Gasteiger partial charge in [0.05, 0.1) is 6.61 Å². The van der Waals surface area contributed by atoms with Gasteiger partial charge in [0.2, 0.25) is 0 Å². The van der Waals surface area contributed by atoms with E-state index in [0.717, 1.165) is 36.5 Å². The lowest BCUT2D eigenvalue weighted by atomic mass is 9.72. The third-order valence-corrected chi connectivity index (χ3v) is 5.07. The smallest absolute Gasteiger partial charge is 0.119 e. The molecular weight excluding hydrogens is 258 g/mol. The van der Waals surface area contributed by atoms with Crippen LogP contribution in [0, 0.1) is 17.8 Å². The van der Waals surface area contributed by atoms with Crippen LogP contribution < -0.4 is 10.1 Å². The van der Waals surface area contributed by atoms with Gasteiger partial charge in [0.15, 0.2) is 0 Å². The van der Waals surface area contributed by atoms with Crippen molar-refractivity contribution in [1.82, 2.24) is 5.32 Å². The molecule has 0 aromatic heterocycles. The Kier molecular flexibility index (Phi) is 6.56.